The number of carbonyl (C=O) groups excluding carboxylic acids is 1. The molecule has 1 aliphatic heterocycles. The second-order valence-corrected chi connectivity index (χ2v) is 8.85. The van der Waals surface area contributed by atoms with Gasteiger partial charge in [-0.2, -0.15) is 8.42 Å². The molecule has 1 heterocycles. The van der Waals surface area contributed by atoms with Gasteiger partial charge in [0.1, 0.15) is 11.5 Å². The van der Waals surface area contributed by atoms with E-state index in [0.717, 1.165) is 16.8 Å². The van der Waals surface area contributed by atoms with Crippen molar-refractivity contribution in [3.8, 4) is 0 Å². The highest BCUT2D eigenvalue weighted by Gasteiger charge is 2.32. The lowest BCUT2D eigenvalue weighted by Crippen LogP contribution is -2.32. The molecule has 8 heteroatoms. The van der Waals surface area contributed by atoms with Crippen LogP contribution >= 0.6 is 0 Å². The standard InChI is InChI=1S/C24H21N3O4S/c1-26(2)19-10-8-17(9-11-19)16-22-24(28)27(23(25-22)18-6-4-3-5-7-18)20-12-14-21(15-13-20)32(29,30)31/h3-16H,1-2H3,(H,29,30,31)/b22-16+. The van der Waals surface area contributed by atoms with Gasteiger partial charge in [-0.25, -0.2) is 4.99 Å². The van der Waals surface area contributed by atoms with E-state index in [1.54, 1.807) is 6.08 Å². The number of carbonyl (C=O) groups is 1. The largest absolute Gasteiger partial charge is 0.378 e. The second-order valence-electron chi connectivity index (χ2n) is 7.43. The first-order valence-electron chi connectivity index (χ1n) is 9.79. The maximum absolute atomic E-state index is 13.3. The number of benzene rings is 3. The van der Waals surface area contributed by atoms with Gasteiger partial charge >= 0.3 is 0 Å². The van der Waals surface area contributed by atoms with E-state index in [1.807, 2.05) is 73.6 Å². The second kappa shape index (κ2) is 8.41. The molecule has 1 amide bonds. The molecule has 0 spiro atoms. The molecule has 4 rings (SSSR count). The molecule has 0 saturated heterocycles. The molecule has 0 atom stereocenters. The Bertz CT molecular complexity index is 1310. The van der Waals surface area contributed by atoms with Crippen molar-refractivity contribution in [3.63, 3.8) is 0 Å². The quantitative estimate of drug-likeness (QED) is 0.474. The van der Waals surface area contributed by atoms with Crippen LogP contribution in [0.5, 0.6) is 0 Å². The summed E-state index contributed by atoms with van der Waals surface area (Å²) in [5.74, 6) is 0.103. The molecule has 3 aromatic rings. The number of rotatable bonds is 5. The minimum atomic E-state index is -4.33. The fraction of sp³-hybridized carbons (Fsp3) is 0.0833. The van der Waals surface area contributed by atoms with Crippen molar-refractivity contribution in [2.45, 2.75) is 4.90 Å². The van der Waals surface area contributed by atoms with Gasteiger partial charge in [-0.05, 0) is 48.0 Å². The van der Waals surface area contributed by atoms with Gasteiger partial charge < -0.3 is 4.90 Å². The van der Waals surface area contributed by atoms with Gasteiger partial charge in [0.25, 0.3) is 16.0 Å². The van der Waals surface area contributed by atoms with E-state index in [4.69, 9.17) is 0 Å². The molecule has 0 radical (unpaired) electrons. The topological polar surface area (TPSA) is 90.3 Å². The van der Waals surface area contributed by atoms with Crippen molar-refractivity contribution in [2.75, 3.05) is 23.9 Å². The summed E-state index contributed by atoms with van der Waals surface area (Å²) >= 11 is 0. The Labute approximate surface area is 186 Å². The summed E-state index contributed by atoms with van der Waals surface area (Å²) in [6.45, 7) is 0. The monoisotopic (exact) mass is 447 g/mol. The van der Waals surface area contributed by atoms with Crippen molar-refractivity contribution in [1.82, 2.24) is 0 Å². The van der Waals surface area contributed by atoms with Crippen LogP contribution in [0.3, 0.4) is 0 Å². The predicted molar refractivity (Wildman–Crippen MR) is 125 cm³/mol. The van der Waals surface area contributed by atoms with E-state index in [9.17, 15) is 17.8 Å². The third-order valence-electron chi connectivity index (χ3n) is 5.00. The highest BCUT2D eigenvalue weighted by molar-refractivity contribution is 7.85. The molecule has 0 aliphatic carbocycles. The lowest BCUT2D eigenvalue weighted by molar-refractivity contribution is -0.113. The molecule has 3 aromatic carbocycles. The predicted octanol–water partition coefficient (Wildman–Crippen LogP) is 3.83. The average molecular weight is 448 g/mol. The lowest BCUT2D eigenvalue weighted by Gasteiger charge is -2.18. The zero-order valence-corrected chi connectivity index (χ0v) is 18.3. The van der Waals surface area contributed by atoms with Crippen LogP contribution in [0, 0.1) is 0 Å². The number of amidine groups is 1. The smallest absolute Gasteiger partial charge is 0.294 e. The van der Waals surface area contributed by atoms with E-state index in [0.29, 0.717) is 11.5 Å². The van der Waals surface area contributed by atoms with E-state index >= 15 is 0 Å². The zero-order valence-electron chi connectivity index (χ0n) is 17.5. The van der Waals surface area contributed by atoms with Gasteiger partial charge in [0, 0.05) is 25.3 Å². The molecule has 1 N–H and O–H groups in total. The van der Waals surface area contributed by atoms with E-state index in [2.05, 4.69) is 4.99 Å². The maximum Gasteiger partial charge on any atom is 0.294 e. The summed E-state index contributed by atoms with van der Waals surface area (Å²) in [5.41, 5.74) is 3.32. The lowest BCUT2D eigenvalue weighted by atomic mass is 10.1. The Morgan fingerprint density at radius 3 is 2.09 bits per heavy atom. The number of hydrogen-bond donors (Lipinski definition) is 1. The number of aliphatic imine (C=N–C) groups is 1. The zero-order chi connectivity index (χ0) is 22.9. The molecule has 0 saturated carbocycles. The number of anilines is 2. The van der Waals surface area contributed by atoms with Crippen molar-refractivity contribution in [2.24, 2.45) is 4.99 Å². The fourth-order valence-electron chi connectivity index (χ4n) is 3.33. The highest BCUT2D eigenvalue weighted by Crippen LogP contribution is 2.29. The van der Waals surface area contributed by atoms with Crippen LogP contribution in [0.1, 0.15) is 11.1 Å². The fourth-order valence-corrected chi connectivity index (χ4v) is 3.81. The third kappa shape index (κ3) is 4.32. The minimum Gasteiger partial charge on any atom is -0.378 e. The third-order valence-corrected chi connectivity index (χ3v) is 5.87. The van der Waals surface area contributed by atoms with Crippen LogP contribution in [0.2, 0.25) is 0 Å². The number of nitrogens with zero attached hydrogens (tertiary/aromatic N) is 3. The van der Waals surface area contributed by atoms with Crippen molar-refractivity contribution < 1.29 is 17.8 Å². The molecular formula is C24H21N3O4S. The summed E-state index contributed by atoms with van der Waals surface area (Å²) in [4.78, 5) is 21.1. The van der Waals surface area contributed by atoms with Crippen LogP contribution in [-0.2, 0) is 14.9 Å². The molecule has 7 nitrogen and oxygen atoms in total. The number of hydrogen-bond acceptors (Lipinski definition) is 5. The first kappa shape index (κ1) is 21.5. The van der Waals surface area contributed by atoms with E-state index in [1.165, 1.54) is 29.2 Å². The Morgan fingerprint density at radius 2 is 1.53 bits per heavy atom. The van der Waals surface area contributed by atoms with Crippen molar-refractivity contribution in [3.05, 3.63) is 95.7 Å². The normalized spacial score (nSPS) is 15.2. The summed E-state index contributed by atoms with van der Waals surface area (Å²) < 4.78 is 32.0. The molecule has 0 bridgehead atoms. The van der Waals surface area contributed by atoms with Gasteiger partial charge in [-0.15, -0.1) is 0 Å². The van der Waals surface area contributed by atoms with Crippen molar-refractivity contribution >= 4 is 39.3 Å². The first-order chi connectivity index (χ1) is 15.2. The van der Waals surface area contributed by atoms with E-state index < -0.39 is 10.1 Å². The number of amides is 1. The Hall–Kier alpha value is -3.75. The molecule has 0 unspecified atom stereocenters. The molecule has 162 valence electrons. The van der Waals surface area contributed by atoms with Gasteiger partial charge in [0.2, 0.25) is 0 Å². The van der Waals surface area contributed by atoms with Gasteiger partial charge in [0.05, 0.1) is 10.6 Å². The minimum absolute atomic E-state index is 0.247. The van der Waals surface area contributed by atoms with Crippen LogP contribution in [0.15, 0.2) is 94.4 Å². The molecule has 0 fully saturated rings. The SMILES string of the molecule is CN(C)c1ccc(/C=C2/N=C(c3ccccc3)N(c3ccc(S(=O)(=O)O)cc3)C2=O)cc1. The summed E-state index contributed by atoms with van der Waals surface area (Å²) in [6, 6.07) is 22.4. The summed E-state index contributed by atoms with van der Waals surface area (Å²) in [7, 11) is -0.424. The molecule has 32 heavy (non-hydrogen) atoms. The summed E-state index contributed by atoms with van der Waals surface area (Å²) in [5, 5.41) is 0. The molecule has 0 aromatic heterocycles. The van der Waals surface area contributed by atoms with Crippen LogP contribution in [-0.4, -0.2) is 38.8 Å². The van der Waals surface area contributed by atoms with Gasteiger partial charge in [-0.3, -0.25) is 14.2 Å². The highest BCUT2D eigenvalue weighted by atomic mass is 32.2. The van der Waals surface area contributed by atoms with E-state index in [-0.39, 0.29) is 16.5 Å². The Morgan fingerprint density at radius 1 is 0.906 bits per heavy atom. The van der Waals surface area contributed by atoms with Gasteiger partial charge in [0.15, 0.2) is 0 Å². The van der Waals surface area contributed by atoms with Crippen LogP contribution < -0.4 is 9.80 Å². The van der Waals surface area contributed by atoms with Crippen LogP contribution in [0.4, 0.5) is 11.4 Å². The van der Waals surface area contributed by atoms with Crippen LogP contribution in [0.25, 0.3) is 6.08 Å². The Balaban J connectivity index is 1.76. The first-order valence-corrected chi connectivity index (χ1v) is 11.2. The molecule has 1 aliphatic rings. The van der Waals surface area contributed by atoms with Gasteiger partial charge in [-0.1, -0.05) is 42.5 Å². The maximum atomic E-state index is 13.3. The summed E-state index contributed by atoms with van der Waals surface area (Å²) in [6.07, 6.45) is 1.72. The average Bonchev–Trinajstić information content (AvgIpc) is 3.10. The van der Waals surface area contributed by atoms with Crippen molar-refractivity contribution in [1.29, 1.82) is 0 Å². The molecular weight excluding hydrogens is 426 g/mol. The Kier molecular flexibility index (Phi) is 5.65.